The van der Waals surface area contributed by atoms with Crippen LogP contribution in [0.2, 0.25) is 0 Å². The molecule has 1 saturated carbocycles. The van der Waals surface area contributed by atoms with Crippen LogP contribution in [0.4, 0.5) is 4.39 Å². The van der Waals surface area contributed by atoms with E-state index in [1.54, 1.807) is 0 Å². The van der Waals surface area contributed by atoms with E-state index in [9.17, 15) is 30.3 Å². The fourth-order valence-electron chi connectivity index (χ4n) is 5.61. The maximum absolute atomic E-state index is 16.5. The van der Waals surface area contributed by atoms with Crippen molar-refractivity contribution >= 4 is 11.9 Å². The highest BCUT2D eigenvalue weighted by molar-refractivity contribution is 5.80. The van der Waals surface area contributed by atoms with Gasteiger partial charge in [0.25, 0.3) is 0 Å². The second-order valence-corrected chi connectivity index (χ2v) is 11.5. The average molecular weight is 656 g/mol. The van der Waals surface area contributed by atoms with Gasteiger partial charge in [-0.05, 0) is 25.8 Å². The summed E-state index contributed by atoms with van der Waals surface area (Å²) in [4.78, 5) is 12.7. The largest absolute Gasteiger partial charge is 0.394 e. The molecule has 0 spiro atoms. The normalized spacial score (nSPS) is 41.2. The lowest BCUT2D eigenvalue weighted by atomic mass is 9.84. The predicted octanol–water partition coefficient (Wildman–Crippen LogP) is -7.34. The molecular weight excluding hydrogens is 605 g/mol. The number of ether oxygens (including phenoxy) is 4. The third-order valence-corrected chi connectivity index (χ3v) is 8.10. The quantitative estimate of drug-likeness (QED) is 0.0647. The zero-order chi connectivity index (χ0) is 33.4. The first-order valence-electron chi connectivity index (χ1n) is 15.0. The highest BCUT2D eigenvalue weighted by atomic mass is 19.1. The summed E-state index contributed by atoms with van der Waals surface area (Å²) in [5.41, 5.74) is 29.0. The molecule has 8 unspecified atom stereocenters. The van der Waals surface area contributed by atoms with Crippen molar-refractivity contribution in [3.05, 3.63) is 0 Å². The molecule has 1 aliphatic carbocycles. The molecule has 0 bridgehead atoms. The lowest BCUT2D eigenvalue weighted by Gasteiger charge is -2.48. The number of carbonyl (C=O) groups is 1. The molecule has 2 aliphatic heterocycles. The second-order valence-electron chi connectivity index (χ2n) is 11.5. The van der Waals surface area contributed by atoms with Gasteiger partial charge >= 0.3 is 0 Å². The average Bonchev–Trinajstić information content (AvgIpc) is 3.00. The lowest BCUT2D eigenvalue weighted by molar-refractivity contribution is -0.311. The Morgan fingerprint density at radius 2 is 1.62 bits per heavy atom. The Bertz CT molecular complexity index is 950. The maximum atomic E-state index is 16.5. The molecule has 3 fully saturated rings. The van der Waals surface area contributed by atoms with Gasteiger partial charge in [0.15, 0.2) is 24.7 Å². The first-order valence-corrected chi connectivity index (χ1v) is 15.0. The number of hydrogen-bond donors (Lipinski definition) is 14. The Kier molecular flexibility index (Phi) is 14.5. The number of guanidine groups is 1. The van der Waals surface area contributed by atoms with Crippen LogP contribution in [0.25, 0.3) is 0 Å². The Labute approximate surface area is 259 Å². The van der Waals surface area contributed by atoms with E-state index in [1.807, 2.05) is 0 Å². The standard InChI is InChI=1S/C25H50FN9O10/c26-16-20(44-23-10(31)6-13(38)14(7-29)42-23)9(30)5-11(34-22(41)12(37)1-2-27)21(16)45-24-19(40)17(18(39)15(8-36)43-24)35-25(32)33-4-3-28/h9-21,23-24,36-40H,1-8,27-31H2,(H,34,41)(H3,32,33,35)/t9?,10?,11-,12+,13+,14?,15-,16?,17?,18?,19-,20-,21?,23-,24?/m1/s1. The monoisotopic (exact) mass is 655 g/mol. The Hall–Kier alpha value is -1.89. The molecule has 15 atom stereocenters. The van der Waals surface area contributed by atoms with E-state index < -0.39 is 104 Å². The van der Waals surface area contributed by atoms with Crippen molar-refractivity contribution in [3.8, 4) is 0 Å². The number of hydrogen-bond acceptors (Lipinski definition) is 16. The van der Waals surface area contributed by atoms with Crippen LogP contribution in [0.15, 0.2) is 0 Å². The van der Waals surface area contributed by atoms with Gasteiger partial charge in [-0.2, -0.15) is 0 Å². The molecule has 3 aliphatic rings. The van der Waals surface area contributed by atoms with Crippen molar-refractivity contribution in [1.29, 1.82) is 5.41 Å². The van der Waals surface area contributed by atoms with Crippen molar-refractivity contribution in [3.63, 3.8) is 0 Å². The summed E-state index contributed by atoms with van der Waals surface area (Å²) < 4.78 is 39.6. The third-order valence-electron chi connectivity index (χ3n) is 8.10. The molecule has 0 aromatic rings. The van der Waals surface area contributed by atoms with Gasteiger partial charge in [0.05, 0.1) is 36.9 Å². The first kappa shape index (κ1) is 37.6. The van der Waals surface area contributed by atoms with Gasteiger partial charge in [-0.1, -0.05) is 0 Å². The summed E-state index contributed by atoms with van der Waals surface area (Å²) in [5, 5.41) is 67.8. The number of nitrogens with two attached hydrogens (primary N) is 5. The Morgan fingerprint density at radius 1 is 0.956 bits per heavy atom. The molecule has 1 amide bonds. The van der Waals surface area contributed by atoms with Crippen LogP contribution in [0, 0.1) is 5.41 Å². The molecule has 0 aromatic heterocycles. The van der Waals surface area contributed by atoms with E-state index in [0.717, 1.165) is 0 Å². The number of amides is 1. The molecule has 19 nitrogen and oxygen atoms in total. The van der Waals surface area contributed by atoms with E-state index in [4.69, 9.17) is 53.0 Å². The molecule has 3 rings (SSSR count). The van der Waals surface area contributed by atoms with E-state index in [-0.39, 0.29) is 51.4 Å². The van der Waals surface area contributed by atoms with Crippen LogP contribution in [-0.4, -0.2) is 162 Å². The topological polar surface area (TPSA) is 345 Å². The van der Waals surface area contributed by atoms with Crippen molar-refractivity contribution < 1.29 is 53.7 Å². The molecule has 0 aromatic carbocycles. The number of halogens is 1. The first-order chi connectivity index (χ1) is 21.4. The number of rotatable bonds is 13. The van der Waals surface area contributed by atoms with Crippen LogP contribution in [0.1, 0.15) is 19.3 Å². The Morgan fingerprint density at radius 3 is 2.24 bits per heavy atom. The molecule has 262 valence electrons. The van der Waals surface area contributed by atoms with Gasteiger partial charge in [0.2, 0.25) is 5.91 Å². The molecule has 0 radical (unpaired) electrons. The third kappa shape index (κ3) is 9.35. The number of aliphatic hydroxyl groups is 5. The minimum absolute atomic E-state index is 0.00298. The minimum Gasteiger partial charge on any atom is -0.394 e. The van der Waals surface area contributed by atoms with Gasteiger partial charge < -0.3 is 89.1 Å². The van der Waals surface area contributed by atoms with Crippen molar-refractivity contribution in [1.82, 2.24) is 16.0 Å². The zero-order valence-corrected chi connectivity index (χ0v) is 24.9. The van der Waals surface area contributed by atoms with Crippen molar-refractivity contribution in [2.45, 2.75) is 111 Å². The van der Waals surface area contributed by atoms with Gasteiger partial charge in [-0.25, -0.2) is 4.39 Å². The van der Waals surface area contributed by atoms with Crippen molar-refractivity contribution in [2.24, 2.45) is 28.7 Å². The number of carbonyl (C=O) groups excluding carboxylic acids is 1. The fraction of sp³-hybridized carbons (Fsp3) is 0.920. The van der Waals surface area contributed by atoms with Gasteiger partial charge in [-0.3, -0.25) is 10.2 Å². The van der Waals surface area contributed by atoms with Crippen LogP contribution in [0.5, 0.6) is 0 Å². The Balaban J connectivity index is 1.86. The number of nitrogens with one attached hydrogen (secondary N) is 4. The smallest absolute Gasteiger partial charge is 0.249 e. The summed E-state index contributed by atoms with van der Waals surface area (Å²) >= 11 is 0. The molecule has 45 heavy (non-hydrogen) atoms. The second kappa shape index (κ2) is 17.3. The summed E-state index contributed by atoms with van der Waals surface area (Å²) in [6.45, 7) is -0.397. The van der Waals surface area contributed by atoms with Gasteiger partial charge in [-0.15, -0.1) is 0 Å². The molecule has 2 heterocycles. The highest BCUT2D eigenvalue weighted by Crippen LogP contribution is 2.33. The molecule has 19 N–H and O–H groups in total. The summed E-state index contributed by atoms with van der Waals surface area (Å²) in [5.74, 6) is -1.17. The van der Waals surface area contributed by atoms with E-state index in [1.165, 1.54) is 0 Å². The summed E-state index contributed by atoms with van der Waals surface area (Å²) in [7, 11) is 0. The highest BCUT2D eigenvalue weighted by Gasteiger charge is 2.53. The zero-order valence-electron chi connectivity index (χ0n) is 24.9. The van der Waals surface area contributed by atoms with E-state index >= 15 is 4.39 Å². The number of alkyl halides is 1. The number of aliphatic hydroxyl groups excluding tert-OH is 5. The van der Waals surface area contributed by atoms with Crippen LogP contribution >= 0.6 is 0 Å². The van der Waals surface area contributed by atoms with Crippen LogP contribution in [0.3, 0.4) is 0 Å². The van der Waals surface area contributed by atoms with E-state index in [0.29, 0.717) is 0 Å². The van der Waals surface area contributed by atoms with Crippen LogP contribution < -0.4 is 44.6 Å². The van der Waals surface area contributed by atoms with Crippen LogP contribution in [-0.2, 0) is 23.7 Å². The van der Waals surface area contributed by atoms with Gasteiger partial charge in [0, 0.05) is 25.7 Å². The molecule has 2 saturated heterocycles. The summed E-state index contributed by atoms with van der Waals surface area (Å²) in [6.07, 6.45) is -16.2. The fourth-order valence-corrected chi connectivity index (χ4v) is 5.61. The SMILES string of the molecule is N=C(NCCN)NC1C(O)[C@@H](CO)OC(OC2C(F)[C@H](O[C@H]3OC(CN)[C@@H](O)CC3N)C(N)C[C@H]2NC(=O)[C@@H](O)CCN)[C@@H]1O. The van der Waals surface area contributed by atoms with Gasteiger partial charge in [0.1, 0.15) is 36.6 Å². The minimum atomic E-state index is -2.13. The molecular formula is C25H50FN9O10. The van der Waals surface area contributed by atoms with E-state index in [2.05, 4.69) is 16.0 Å². The lowest BCUT2D eigenvalue weighted by Crippen LogP contribution is -2.69. The molecule has 20 heteroatoms. The summed E-state index contributed by atoms with van der Waals surface area (Å²) in [6, 6.07) is -4.46. The maximum Gasteiger partial charge on any atom is 0.249 e. The predicted molar refractivity (Wildman–Crippen MR) is 155 cm³/mol. The van der Waals surface area contributed by atoms with Crippen molar-refractivity contribution in [2.75, 3.05) is 32.8 Å².